The van der Waals surface area contributed by atoms with E-state index in [1.165, 1.54) is 24.1 Å². The molecule has 3 N–H and O–H groups in total. The number of hydrogen-bond acceptors (Lipinski definition) is 4. The van der Waals surface area contributed by atoms with Crippen LogP contribution in [0.1, 0.15) is 71.9 Å². The Hall–Kier alpha value is -5.44. The standard InChI is InChI=1S/C38H37N5O4/c1-38(2,37(47)40-27-13-16-30-26(19-27)21-32(36(45)46)42(30)3)41-35(44)25-11-14-28-31(20-25)43(4)34(33(28)22-8-5-6-9-22)24-12-15-29-23(18-24)10-7-17-39-29/h7,10-22H,5-6,8-9H2,1-4H3,(H,40,47)(H,41,44)(H,45,46). The fraction of sp³-hybridized carbons (Fsp3) is 0.263. The molecule has 3 aromatic carbocycles. The van der Waals surface area contributed by atoms with Gasteiger partial charge < -0.3 is 24.9 Å². The largest absolute Gasteiger partial charge is 0.477 e. The first-order valence-corrected chi connectivity index (χ1v) is 16.0. The van der Waals surface area contributed by atoms with Gasteiger partial charge in [-0.1, -0.05) is 31.0 Å². The maximum absolute atomic E-state index is 13.6. The Balaban J connectivity index is 1.17. The minimum atomic E-state index is -1.24. The van der Waals surface area contributed by atoms with Crippen LogP contribution in [0, 0.1) is 0 Å². The van der Waals surface area contributed by atoms with Gasteiger partial charge in [0.1, 0.15) is 11.2 Å². The predicted octanol–water partition coefficient (Wildman–Crippen LogP) is 7.39. The van der Waals surface area contributed by atoms with Crippen LogP contribution in [0.5, 0.6) is 0 Å². The SMILES string of the molecule is Cn1c(C(=O)O)cc2cc(NC(=O)C(C)(C)NC(=O)c3ccc4c(C5CCCC5)c(-c5ccc6ncccc6c5)n(C)c4c3)ccc21. The smallest absolute Gasteiger partial charge is 0.352 e. The van der Waals surface area contributed by atoms with Crippen molar-refractivity contribution in [1.82, 2.24) is 19.4 Å². The number of fused-ring (bicyclic) bond motifs is 3. The van der Waals surface area contributed by atoms with E-state index in [0.29, 0.717) is 22.6 Å². The third-order valence-corrected chi connectivity index (χ3v) is 9.65. The van der Waals surface area contributed by atoms with Crippen molar-refractivity contribution in [3.05, 3.63) is 95.8 Å². The average molecular weight is 628 g/mol. The maximum atomic E-state index is 13.6. The number of hydrogen-bond donors (Lipinski definition) is 3. The van der Waals surface area contributed by atoms with Gasteiger partial charge in [-0.2, -0.15) is 0 Å². The lowest BCUT2D eigenvalue weighted by Crippen LogP contribution is -2.52. The number of aromatic carboxylic acids is 1. The topological polar surface area (TPSA) is 118 Å². The normalized spacial score (nSPS) is 13.9. The lowest BCUT2D eigenvalue weighted by molar-refractivity contribution is -0.120. The lowest BCUT2D eigenvalue weighted by Gasteiger charge is -2.25. The zero-order chi connectivity index (χ0) is 33.0. The maximum Gasteiger partial charge on any atom is 0.352 e. The van der Waals surface area contributed by atoms with E-state index in [2.05, 4.69) is 57.6 Å². The summed E-state index contributed by atoms with van der Waals surface area (Å²) in [5, 5.41) is 18.2. The zero-order valence-electron chi connectivity index (χ0n) is 26.9. The number of carboxylic acid groups (broad SMARTS) is 1. The van der Waals surface area contributed by atoms with E-state index in [9.17, 15) is 19.5 Å². The molecular formula is C38H37N5O4. The highest BCUT2D eigenvalue weighted by atomic mass is 16.4. The van der Waals surface area contributed by atoms with E-state index < -0.39 is 17.4 Å². The van der Waals surface area contributed by atoms with E-state index in [-0.39, 0.29) is 11.6 Å². The van der Waals surface area contributed by atoms with Gasteiger partial charge in [-0.15, -0.1) is 0 Å². The van der Waals surface area contributed by atoms with Crippen molar-refractivity contribution in [2.24, 2.45) is 14.1 Å². The summed E-state index contributed by atoms with van der Waals surface area (Å²) in [4.78, 5) is 43.1. The molecule has 0 atom stereocenters. The van der Waals surface area contributed by atoms with Crippen LogP contribution in [0.25, 0.3) is 44.0 Å². The van der Waals surface area contributed by atoms with Gasteiger partial charge in [-0.25, -0.2) is 4.79 Å². The zero-order valence-corrected chi connectivity index (χ0v) is 26.9. The first-order valence-electron chi connectivity index (χ1n) is 16.0. The van der Waals surface area contributed by atoms with Crippen molar-refractivity contribution in [3.8, 4) is 11.3 Å². The summed E-state index contributed by atoms with van der Waals surface area (Å²) < 4.78 is 3.79. The monoisotopic (exact) mass is 627 g/mol. The van der Waals surface area contributed by atoms with Crippen molar-refractivity contribution in [1.29, 1.82) is 0 Å². The Morgan fingerprint density at radius 2 is 1.66 bits per heavy atom. The van der Waals surface area contributed by atoms with Gasteiger partial charge in [0.2, 0.25) is 5.91 Å². The highest BCUT2D eigenvalue weighted by Gasteiger charge is 2.31. The average Bonchev–Trinajstić information content (AvgIpc) is 3.77. The first kappa shape index (κ1) is 30.2. The number of aromatic nitrogens is 3. The van der Waals surface area contributed by atoms with Crippen LogP contribution < -0.4 is 10.6 Å². The number of nitrogens with zero attached hydrogens (tertiary/aromatic N) is 3. The highest BCUT2D eigenvalue weighted by Crippen LogP contribution is 2.45. The number of carbonyl (C=O) groups is 3. The number of carbonyl (C=O) groups excluding carboxylic acids is 2. The number of amides is 2. The molecule has 3 aromatic heterocycles. The van der Waals surface area contributed by atoms with Gasteiger partial charge >= 0.3 is 5.97 Å². The molecule has 9 heteroatoms. The third-order valence-electron chi connectivity index (χ3n) is 9.65. The van der Waals surface area contributed by atoms with Gasteiger partial charge in [-0.05, 0) is 98.3 Å². The molecule has 1 aliphatic carbocycles. The van der Waals surface area contributed by atoms with Crippen molar-refractivity contribution in [3.63, 3.8) is 0 Å². The van der Waals surface area contributed by atoms with Gasteiger partial charge in [0.15, 0.2) is 0 Å². The molecule has 0 aliphatic heterocycles. The summed E-state index contributed by atoms with van der Waals surface area (Å²) in [5.74, 6) is -1.31. The number of anilines is 1. The number of nitrogens with one attached hydrogen (secondary N) is 2. The summed E-state index contributed by atoms with van der Waals surface area (Å²) in [6.45, 7) is 3.32. The summed E-state index contributed by atoms with van der Waals surface area (Å²) in [5.41, 5.74) is 6.19. The van der Waals surface area contributed by atoms with Crippen LogP contribution >= 0.6 is 0 Å². The molecule has 3 heterocycles. The molecule has 0 unspecified atom stereocenters. The Kier molecular flexibility index (Phi) is 7.34. The second kappa shape index (κ2) is 11.4. The van der Waals surface area contributed by atoms with E-state index in [1.54, 1.807) is 49.7 Å². The fourth-order valence-electron chi connectivity index (χ4n) is 7.14. The molecule has 0 radical (unpaired) electrons. The molecule has 0 saturated heterocycles. The number of carboxylic acids is 1. The molecule has 9 nitrogen and oxygen atoms in total. The van der Waals surface area contributed by atoms with Gasteiger partial charge in [0.05, 0.1) is 11.2 Å². The molecule has 0 bridgehead atoms. The number of pyridine rings is 1. The minimum absolute atomic E-state index is 0.156. The van der Waals surface area contributed by atoms with Gasteiger partial charge in [-0.3, -0.25) is 14.6 Å². The van der Waals surface area contributed by atoms with Crippen molar-refractivity contribution in [2.75, 3.05) is 5.32 Å². The third kappa shape index (κ3) is 5.31. The second-order valence-corrected chi connectivity index (χ2v) is 13.1. The van der Waals surface area contributed by atoms with Crippen LogP contribution in [0.15, 0.2) is 79.0 Å². The quantitative estimate of drug-likeness (QED) is 0.171. The highest BCUT2D eigenvalue weighted by molar-refractivity contribution is 6.06. The van der Waals surface area contributed by atoms with E-state index in [1.807, 2.05) is 24.4 Å². The van der Waals surface area contributed by atoms with Gasteiger partial charge in [0.25, 0.3) is 5.91 Å². The van der Waals surface area contributed by atoms with Crippen molar-refractivity contribution >= 4 is 56.2 Å². The number of aryl methyl sites for hydroxylation is 2. The lowest BCUT2D eigenvalue weighted by atomic mass is 9.91. The Morgan fingerprint density at radius 3 is 2.43 bits per heavy atom. The molecule has 6 aromatic rings. The number of rotatable bonds is 7. The van der Waals surface area contributed by atoms with Crippen LogP contribution in [0.2, 0.25) is 0 Å². The van der Waals surface area contributed by atoms with Crippen molar-refractivity contribution < 1.29 is 19.5 Å². The second-order valence-electron chi connectivity index (χ2n) is 13.1. The van der Waals surface area contributed by atoms with E-state index in [0.717, 1.165) is 45.7 Å². The Bertz CT molecular complexity index is 2240. The molecule has 47 heavy (non-hydrogen) atoms. The molecular weight excluding hydrogens is 590 g/mol. The number of benzene rings is 3. The summed E-state index contributed by atoms with van der Waals surface area (Å²) in [7, 11) is 3.75. The predicted molar refractivity (Wildman–Crippen MR) is 185 cm³/mol. The molecule has 238 valence electrons. The fourth-order valence-corrected chi connectivity index (χ4v) is 7.14. The molecule has 7 rings (SSSR count). The van der Waals surface area contributed by atoms with Crippen molar-refractivity contribution in [2.45, 2.75) is 51.0 Å². The van der Waals surface area contributed by atoms with Crippen LogP contribution in [-0.4, -0.2) is 42.5 Å². The summed E-state index contributed by atoms with van der Waals surface area (Å²) in [6.07, 6.45) is 6.52. The van der Waals surface area contributed by atoms with Crippen LogP contribution in [0.3, 0.4) is 0 Å². The van der Waals surface area contributed by atoms with Crippen LogP contribution in [0.4, 0.5) is 5.69 Å². The van der Waals surface area contributed by atoms with E-state index >= 15 is 0 Å². The molecule has 1 fully saturated rings. The molecule has 2 amide bonds. The van der Waals surface area contributed by atoms with Crippen LogP contribution in [-0.2, 0) is 18.9 Å². The Morgan fingerprint density at radius 1 is 0.872 bits per heavy atom. The molecule has 0 spiro atoms. The molecule has 1 saturated carbocycles. The van der Waals surface area contributed by atoms with E-state index in [4.69, 9.17) is 0 Å². The minimum Gasteiger partial charge on any atom is -0.477 e. The summed E-state index contributed by atoms with van der Waals surface area (Å²) >= 11 is 0. The Labute approximate surface area is 272 Å². The van der Waals surface area contributed by atoms with Gasteiger partial charge in [0, 0.05) is 58.7 Å². The first-order chi connectivity index (χ1) is 22.5. The summed E-state index contributed by atoms with van der Waals surface area (Å²) in [6, 6.07) is 23.0. The molecule has 1 aliphatic rings.